The molecular weight excluding hydrogens is 519 g/mol. The second-order valence-corrected chi connectivity index (χ2v) is 9.82. The molecule has 8 heteroatoms. The molecule has 2 fully saturated rings. The number of aliphatic imine (C=N–C) groups is 1. The van der Waals surface area contributed by atoms with Crippen molar-refractivity contribution in [1.29, 1.82) is 0 Å². The lowest BCUT2D eigenvalue weighted by Gasteiger charge is -2.38. The number of unbranched alkanes of at least 4 members (excludes halogenated alkanes) is 1. The van der Waals surface area contributed by atoms with E-state index in [4.69, 9.17) is 4.99 Å². The van der Waals surface area contributed by atoms with Gasteiger partial charge in [-0.25, -0.2) is 0 Å². The summed E-state index contributed by atoms with van der Waals surface area (Å²) in [5.41, 5.74) is 0. The molecule has 3 heterocycles. The fraction of sp³-hybridized carbons (Fsp3) is 0.783. The Hall–Kier alpha value is -0.420. The van der Waals surface area contributed by atoms with Gasteiger partial charge in [0.05, 0.1) is 0 Å². The van der Waals surface area contributed by atoms with E-state index in [-0.39, 0.29) is 24.0 Å². The van der Waals surface area contributed by atoms with Gasteiger partial charge in [0.1, 0.15) is 0 Å². The number of rotatable bonds is 9. The first-order valence-electron chi connectivity index (χ1n) is 11.8. The third-order valence-corrected chi connectivity index (χ3v) is 7.40. The predicted molar refractivity (Wildman–Crippen MR) is 145 cm³/mol. The van der Waals surface area contributed by atoms with E-state index in [1.165, 1.54) is 69.8 Å². The highest BCUT2D eigenvalue weighted by Gasteiger charge is 2.31. The number of hydrogen-bond acceptors (Lipinski definition) is 5. The van der Waals surface area contributed by atoms with Crippen LogP contribution in [0, 0.1) is 5.92 Å². The molecule has 2 aliphatic rings. The highest BCUT2D eigenvalue weighted by atomic mass is 127. The number of piperazine rings is 1. The minimum absolute atomic E-state index is 0. The van der Waals surface area contributed by atoms with Crippen LogP contribution in [0.5, 0.6) is 0 Å². The van der Waals surface area contributed by atoms with Crippen LogP contribution in [0.15, 0.2) is 22.5 Å². The number of guanidine groups is 1. The molecule has 0 bridgehead atoms. The van der Waals surface area contributed by atoms with E-state index in [2.05, 4.69) is 63.9 Å². The molecule has 2 unspecified atom stereocenters. The van der Waals surface area contributed by atoms with E-state index >= 15 is 0 Å². The second-order valence-electron chi connectivity index (χ2n) is 8.84. The molecular formula is C23H43IN6S. The van der Waals surface area contributed by atoms with Gasteiger partial charge in [0, 0.05) is 56.7 Å². The van der Waals surface area contributed by atoms with Crippen molar-refractivity contribution >= 4 is 41.3 Å². The monoisotopic (exact) mass is 562 g/mol. The molecule has 0 amide bonds. The summed E-state index contributed by atoms with van der Waals surface area (Å²) >= 11 is 1.88. The first-order chi connectivity index (χ1) is 14.7. The second kappa shape index (κ2) is 14.7. The molecule has 6 nitrogen and oxygen atoms in total. The number of halogens is 1. The lowest BCUT2D eigenvalue weighted by atomic mass is 9.88. The Labute approximate surface area is 210 Å². The number of nitrogens with zero attached hydrogens (tertiary/aromatic N) is 4. The highest BCUT2D eigenvalue weighted by Crippen LogP contribution is 2.37. The van der Waals surface area contributed by atoms with E-state index in [0.29, 0.717) is 12.0 Å². The van der Waals surface area contributed by atoms with Gasteiger partial charge in [-0.1, -0.05) is 6.07 Å². The SMILES string of the molecule is CCNC(=NCC1CCCN(C)C1c1cccs1)NCCCCN1CCN(C)CC1.I. The van der Waals surface area contributed by atoms with E-state index in [0.717, 1.165) is 25.6 Å². The fourth-order valence-corrected chi connectivity index (χ4v) is 5.63. The van der Waals surface area contributed by atoms with Crippen LogP contribution in [0.3, 0.4) is 0 Å². The van der Waals surface area contributed by atoms with Gasteiger partial charge in [0.25, 0.3) is 0 Å². The zero-order chi connectivity index (χ0) is 21.2. The van der Waals surface area contributed by atoms with Crippen LogP contribution in [0.25, 0.3) is 0 Å². The van der Waals surface area contributed by atoms with Crippen LogP contribution in [-0.4, -0.2) is 93.7 Å². The van der Waals surface area contributed by atoms with Crippen LogP contribution >= 0.6 is 35.3 Å². The standard InChI is InChI=1S/C23H42N6S.HI/c1-4-24-23(25-11-5-6-13-29-16-14-27(2)15-17-29)26-19-20-9-7-12-28(3)22(20)21-10-8-18-30-21;/h8,10,18,20,22H,4-7,9,11-17,19H2,1-3H3,(H2,24,25,26);1H. The molecule has 2 saturated heterocycles. The average Bonchev–Trinajstić information content (AvgIpc) is 3.27. The zero-order valence-corrected chi connectivity index (χ0v) is 22.8. The third kappa shape index (κ3) is 8.79. The number of nitrogens with one attached hydrogen (secondary N) is 2. The van der Waals surface area contributed by atoms with Crippen molar-refractivity contribution in [3.63, 3.8) is 0 Å². The van der Waals surface area contributed by atoms with Crippen LogP contribution in [0.2, 0.25) is 0 Å². The zero-order valence-electron chi connectivity index (χ0n) is 19.7. The lowest BCUT2D eigenvalue weighted by molar-refractivity contribution is 0.128. The van der Waals surface area contributed by atoms with Crippen LogP contribution < -0.4 is 10.6 Å². The molecule has 1 aromatic rings. The molecule has 31 heavy (non-hydrogen) atoms. The van der Waals surface area contributed by atoms with Gasteiger partial charge >= 0.3 is 0 Å². The summed E-state index contributed by atoms with van der Waals surface area (Å²) in [5.74, 6) is 1.57. The quantitative estimate of drug-likeness (QED) is 0.209. The van der Waals surface area contributed by atoms with Crippen molar-refractivity contribution in [1.82, 2.24) is 25.3 Å². The minimum Gasteiger partial charge on any atom is -0.357 e. The summed E-state index contributed by atoms with van der Waals surface area (Å²) in [7, 11) is 4.49. The number of hydrogen-bond donors (Lipinski definition) is 2. The van der Waals surface area contributed by atoms with Gasteiger partial charge in [0.2, 0.25) is 0 Å². The maximum atomic E-state index is 4.98. The van der Waals surface area contributed by atoms with Gasteiger partial charge in [-0.15, -0.1) is 35.3 Å². The summed E-state index contributed by atoms with van der Waals surface area (Å²) in [6, 6.07) is 4.97. The van der Waals surface area contributed by atoms with Gasteiger partial charge in [0.15, 0.2) is 5.96 Å². The molecule has 0 aliphatic carbocycles. The molecule has 2 N–H and O–H groups in total. The van der Waals surface area contributed by atoms with Gasteiger partial charge in [-0.3, -0.25) is 9.89 Å². The van der Waals surface area contributed by atoms with Crippen LogP contribution in [-0.2, 0) is 0 Å². The molecule has 0 saturated carbocycles. The maximum absolute atomic E-state index is 4.98. The van der Waals surface area contributed by atoms with Crippen molar-refractivity contribution < 1.29 is 0 Å². The average molecular weight is 563 g/mol. The van der Waals surface area contributed by atoms with Crippen molar-refractivity contribution in [2.24, 2.45) is 10.9 Å². The number of thiophene rings is 1. The third-order valence-electron chi connectivity index (χ3n) is 6.46. The number of piperidine rings is 1. The molecule has 0 spiro atoms. The highest BCUT2D eigenvalue weighted by molar-refractivity contribution is 14.0. The summed E-state index contributed by atoms with van der Waals surface area (Å²) in [5, 5.41) is 9.21. The summed E-state index contributed by atoms with van der Waals surface area (Å²) in [6.07, 6.45) is 4.99. The normalized spacial score (nSPS) is 24.0. The van der Waals surface area contributed by atoms with E-state index < -0.39 is 0 Å². The number of likely N-dealkylation sites (tertiary alicyclic amines) is 1. The van der Waals surface area contributed by atoms with Crippen molar-refractivity contribution in [2.45, 2.75) is 38.6 Å². The van der Waals surface area contributed by atoms with Gasteiger partial charge in [-0.05, 0) is 77.2 Å². The first-order valence-corrected chi connectivity index (χ1v) is 12.7. The molecule has 0 radical (unpaired) electrons. The Kier molecular flexibility index (Phi) is 12.7. The minimum atomic E-state index is 0. The van der Waals surface area contributed by atoms with Crippen LogP contribution in [0.4, 0.5) is 0 Å². The molecule has 3 rings (SSSR count). The van der Waals surface area contributed by atoms with Crippen molar-refractivity contribution in [3.8, 4) is 0 Å². The van der Waals surface area contributed by atoms with E-state index in [9.17, 15) is 0 Å². The van der Waals surface area contributed by atoms with Crippen LogP contribution in [0.1, 0.15) is 43.5 Å². The Morgan fingerprint density at radius 3 is 2.65 bits per heavy atom. The van der Waals surface area contributed by atoms with Crippen molar-refractivity contribution in [3.05, 3.63) is 22.4 Å². The number of likely N-dealkylation sites (N-methyl/N-ethyl adjacent to an activating group) is 1. The Bertz CT molecular complexity index is 618. The lowest BCUT2D eigenvalue weighted by Crippen LogP contribution is -2.44. The fourth-order valence-electron chi connectivity index (χ4n) is 4.65. The summed E-state index contributed by atoms with van der Waals surface area (Å²) < 4.78 is 0. The van der Waals surface area contributed by atoms with Crippen molar-refractivity contribution in [2.75, 3.05) is 73.0 Å². The Morgan fingerprint density at radius 1 is 1.13 bits per heavy atom. The predicted octanol–water partition coefficient (Wildman–Crippen LogP) is 3.33. The molecule has 2 aliphatic heterocycles. The topological polar surface area (TPSA) is 46.1 Å². The molecule has 178 valence electrons. The Morgan fingerprint density at radius 2 is 1.94 bits per heavy atom. The largest absolute Gasteiger partial charge is 0.357 e. The van der Waals surface area contributed by atoms with Gasteiger partial charge in [-0.2, -0.15) is 0 Å². The first kappa shape index (κ1) is 26.8. The maximum Gasteiger partial charge on any atom is 0.191 e. The summed E-state index contributed by atoms with van der Waals surface area (Å²) in [4.78, 5) is 14.0. The summed E-state index contributed by atoms with van der Waals surface area (Å²) in [6.45, 7) is 12.2. The molecule has 1 aromatic heterocycles. The van der Waals surface area contributed by atoms with E-state index in [1.54, 1.807) is 0 Å². The molecule has 0 aromatic carbocycles. The van der Waals surface area contributed by atoms with E-state index in [1.807, 2.05) is 11.3 Å². The molecule has 2 atom stereocenters. The van der Waals surface area contributed by atoms with Gasteiger partial charge < -0.3 is 20.4 Å². The Balaban J connectivity index is 0.00000341. The smallest absolute Gasteiger partial charge is 0.191 e.